The van der Waals surface area contributed by atoms with Gasteiger partial charge in [-0.1, -0.05) is 12.8 Å². The molecule has 2 N–H and O–H groups in total. The molecule has 0 spiro atoms. The van der Waals surface area contributed by atoms with Crippen LogP contribution >= 0.6 is 11.8 Å². The lowest BCUT2D eigenvalue weighted by Gasteiger charge is -2.07. The van der Waals surface area contributed by atoms with Gasteiger partial charge in [0.1, 0.15) is 0 Å². The summed E-state index contributed by atoms with van der Waals surface area (Å²) >= 11 is 1.87. The first-order valence-corrected chi connectivity index (χ1v) is 5.61. The third-order valence-electron chi connectivity index (χ3n) is 2.35. The minimum Gasteiger partial charge on any atom is -0.399 e. The van der Waals surface area contributed by atoms with Crippen LogP contribution in [0.2, 0.25) is 0 Å². The third-order valence-corrected chi connectivity index (χ3v) is 3.62. The number of nitrogens with zero attached hydrogens (tertiary/aromatic N) is 1. The van der Waals surface area contributed by atoms with Gasteiger partial charge in [-0.25, -0.2) is 4.98 Å². The Morgan fingerprint density at radius 1 is 1.38 bits per heavy atom. The minimum absolute atomic E-state index is 0.772. The summed E-state index contributed by atoms with van der Waals surface area (Å²) in [5.74, 6) is 0. The van der Waals surface area contributed by atoms with Gasteiger partial charge in [-0.3, -0.25) is 0 Å². The summed E-state index contributed by atoms with van der Waals surface area (Å²) in [5.41, 5.74) is 6.49. The summed E-state index contributed by atoms with van der Waals surface area (Å²) in [6, 6.07) is 3.79. The van der Waals surface area contributed by atoms with Crippen molar-refractivity contribution in [3.8, 4) is 0 Å². The van der Waals surface area contributed by atoms with Gasteiger partial charge in [-0.05, 0) is 25.0 Å². The van der Waals surface area contributed by atoms with Crippen LogP contribution in [0.3, 0.4) is 0 Å². The highest BCUT2D eigenvalue weighted by Gasteiger charge is 2.16. The van der Waals surface area contributed by atoms with Gasteiger partial charge in [0.15, 0.2) is 0 Å². The molecule has 1 aliphatic rings. The van der Waals surface area contributed by atoms with Gasteiger partial charge in [0.05, 0.1) is 5.03 Å². The lowest BCUT2D eigenvalue weighted by molar-refractivity contribution is 0.886. The van der Waals surface area contributed by atoms with E-state index in [0.717, 1.165) is 16.0 Å². The smallest absolute Gasteiger partial charge is 0.0983 e. The van der Waals surface area contributed by atoms with Gasteiger partial charge < -0.3 is 5.73 Å². The highest BCUT2D eigenvalue weighted by molar-refractivity contribution is 7.99. The Hall–Kier alpha value is -0.700. The standard InChI is InChI=1S/C10H14N2S/c11-8-5-6-12-10(7-8)13-9-3-1-2-4-9/h5-7,9H,1-4H2,(H2,11,12). The van der Waals surface area contributed by atoms with Crippen molar-refractivity contribution in [1.82, 2.24) is 4.98 Å². The third kappa shape index (κ3) is 2.37. The van der Waals surface area contributed by atoms with Gasteiger partial charge in [0.25, 0.3) is 0 Å². The fourth-order valence-corrected chi connectivity index (χ4v) is 2.90. The number of thioether (sulfide) groups is 1. The Labute approximate surface area is 82.9 Å². The second-order valence-electron chi connectivity index (χ2n) is 3.45. The van der Waals surface area contributed by atoms with Crippen molar-refractivity contribution < 1.29 is 0 Å². The first-order chi connectivity index (χ1) is 6.34. The lowest BCUT2D eigenvalue weighted by atomic mass is 10.4. The molecule has 1 saturated carbocycles. The van der Waals surface area contributed by atoms with Crippen molar-refractivity contribution in [2.24, 2.45) is 0 Å². The van der Waals surface area contributed by atoms with Gasteiger partial charge in [-0.2, -0.15) is 0 Å². The molecule has 1 aromatic heterocycles. The van der Waals surface area contributed by atoms with Crippen LogP contribution in [0.25, 0.3) is 0 Å². The zero-order chi connectivity index (χ0) is 9.10. The molecule has 1 aliphatic carbocycles. The largest absolute Gasteiger partial charge is 0.399 e. The Morgan fingerprint density at radius 3 is 2.85 bits per heavy atom. The maximum absolute atomic E-state index is 5.68. The molecule has 1 fully saturated rings. The van der Waals surface area contributed by atoms with E-state index in [1.165, 1.54) is 25.7 Å². The fourth-order valence-electron chi connectivity index (χ4n) is 1.67. The zero-order valence-electron chi connectivity index (χ0n) is 7.57. The Balaban J connectivity index is 2.00. The molecule has 0 unspecified atom stereocenters. The van der Waals surface area contributed by atoms with Gasteiger partial charge >= 0.3 is 0 Å². The molecular weight excluding hydrogens is 180 g/mol. The number of rotatable bonds is 2. The number of pyridine rings is 1. The van der Waals surface area contributed by atoms with E-state index in [-0.39, 0.29) is 0 Å². The normalized spacial score (nSPS) is 17.8. The average Bonchev–Trinajstić information content (AvgIpc) is 2.57. The zero-order valence-corrected chi connectivity index (χ0v) is 8.39. The molecule has 0 amide bonds. The van der Waals surface area contributed by atoms with Crippen molar-refractivity contribution in [3.63, 3.8) is 0 Å². The summed E-state index contributed by atoms with van der Waals surface area (Å²) in [5, 5.41) is 1.85. The summed E-state index contributed by atoms with van der Waals surface area (Å²) in [7, 11) is 0. The van der Waals surface area contributed by atoms with Gasteiger partial charge in [-0.15, -0.1) is 11.8 Å². The molecule has 70 valence electrons. The van der Waals surface area contributed by atoms with Crippen LogP contribution < -0.4 is 5.73 Å². The number of nitrogen functional groups attached to an aromatic ring is 1. The number of aromatic nitrogens is 1. The van der Waals surface area contributed by atoms with E-state index in [1.807, 2.05) is 23.9 Å². The monoisotopic (exact) mass is 194 g/mol. The summed E-state index contributed by atoms with van der Waals surface area (Å²) in [4.78, 5) is 4.29. The molecule has 0 aliphatic heterocycles. The Morgan fingerprint density at radius 2 is 2.15 bits per heavy atom. The van der Waals surface area contributed by atoms with Crippen molar-refractivity contribution in [3.05, 3.63) is 18.3 Å². The van der Waals surface area contributed by atoms with Crippen LogP contribution in [-0.2, 0) is 0 Å². The van der Waals surface area contributed by atoms with Crippen molar-refractivity contribution in [1.29, 1.82) is 0 Å². The van der Waals surface area contributed by atoms with E-state index in [2.05, 4.69) is 4.98 Å². The van der Waals surface area contributed by atoms with E-state index in [0.29, 0.717) is 0 Å². The quantitative estimate of drug-likeness (QED) is 0.786. The molecule has 1 heterocycles. The van der Waals surface area contributed by atoms with Crippen LogP contribution in [0, 0.1) is 0 Å². The molecule has 3 heteroatoms. The maximum atomic E-state index is 5.68. The van der Waals surface area contributed by atoms with E-state index < -0.39 is 0 Å². The van der Waals surface area contributed by atoms with Crippen LogP contribution in [-0.4, -0.2) is 10.2 Å². The minimum atomic E-state index is 0.772. The second-order valence-corrected chi connectivity index (χ2v) is 4.77. The average molecular weight is 194 g/mol. The van der Waals surface area contributed by atoms with E-state index >= 15 is 0 Å². The summed E-state index contributed by atoms with van der Waals surface area (Å²) in [6.07, 6.45) is 7.20. The highest BCUT2D eigenvalue weighted by Crippen LogP contribution is 2.33. The molecule has 2 rings (SSSR count). The fraction of sp³-hybridized carbons (Fsp3) is 0.500. The van der Waals surface area contributed by atoms with Crippen LogP contribution in [0.4, 0.5) is 5.69 Å². The molecule has 0 radical (unpaired) electrons. The number of anilines is 1. The molecule has 0 aromatic carbocycles. The number of hydrogen-bond acceptors (Lipinski definition) is 3. The molecule has 13 heavy (non-hydrogen) atoms. The first kappa shape index (κ1) is 8.88. The van der Waals surface area contributed by atoms with E-state index in [1.54, 1.807) is 6.20 Å². The van der Waals surface area contributed by atoms with Crippen LogP contribution in [0.5, 0.6) is 0 Å². The molecular formula is C10H14N2S. The van der Waals surface area contributed by atoms with E-state index in [9.17, 15) is 0 Å². The van der Waals surface area contributed by atoms with E-state index in [4.69, 9.17) is 5.73 Å². The molecule has 0 atom stereocenters. The number of hydrogen-bond donors (Lipinski definition) is 1. The molecule has 1 aromatic rings. The molecule has 2 nitrogen and oxygen atoms in total. The number of nitrogens with two attached hydrogens (primary N) is 1. The van der Waals surface area contributed by atoms with Gasteiger partial charge in [0.2, 0.25) is 0 Å². The topological polar surface area (TPSA) is 38.9 Å². The van der Waals surface area contributed by atoms with Crippen molar-refractivity contribution in [2.75, 3.05) is 5.73 Å². The highest BCUT2D eigenvalue weighted by atomic mass is 32.2. The molecule has 0 saturated heterocycles. The SMILES string of the molecule is Nc1ccnc(SC2CCCC2)c1. The van der Waals surface area contributed by atoms with Crippen molar-refractivity contribution in [2.45, 2.75) is 36.0 Å². The predicted molar refractivity (Wildman–Crippen MR) is 56.8 cm³/mol. The maximum Gasteiger partial charge on any atom is 0.0983 e. The lowest BCUT2D eigenvalue weighted by Crippen LogP contribution is -1.95. The summed E-state index contributed by atoms with van der Waals surface area (Å²) < 4.78 is 0. The van der Waals surface area contributed by atoms with Crippen LogP contribution in [0.1, 0.15) is 25.7 Å². The first-order valence-electron chi connectivity index (χ1n) is 4.73. The Bertz CT molecular complexity index is 282. The Kier molecular flexibility index (Phi) is 2.74. The molecule has 0 bridgehead atoms. The second kappa shape index (κ2) is 4.01. The summed E-state index contributed by atoms with van der Waals surface area (Å²) in [6.45, 7) is 0. The van der Waals surface area contributed by atoms with Gasteiger partial charge in [0, 0.05) is 17.1 Å². The predicted octanol–water partition coefficient (Wildman–Crippen LogP) is 2.70. The van der Waals surface area contributed by atoms with Crippen molar-refractivity contribution >= 4 is 17.4 Å². The van der Waals surface area contributed by atoms with Crippen LogP contribution in [0.15, 0.2) is 23.4 Å².